The highest BCUT2D eigenvalue weighted by atomic mass is 35.5. The number of nitrogens with zero attached hydrogens (tertiary/aromatic N) is 1. The summed E-state index contributed by atoms with van der Waals surface area (Å²) in [6.07, 6.45) is 2.26. The van der Waals surface area contributed by atoms with Crippen molar-refractivity contribution in [1.82, 2.24) is 9.88 Å². The molecule has 0 aliphatic heterocycles. The first-order valence-electron chi connectivity index (χ1n) is 8.55. The molecule has 0 atom stereocenters. The van der Waals surface area contributed by atoms with Crippen LogP contribution < -0.4 is 5.32 Å². The van der Waals surface area contributed by atoms with Crippen molar-refractivity contribution >= 4 is 28.5 Å². The number of rotatable bonds is 6. The second-order valence-corrected chi connectivity index (χ2v) is 7.03. The van der Waals surface area contributed by atoms with E-state index in [4.69, 9.17) is 11.6 Å². The molecule has 1 aromatic heterocycles. The van der Waals surface area contributed by atoms with Gasteiger partial charge in [-0.1, -0.05) is 35.9 Å². The van der Waals surface area contributed by atoms with Gasteiger partial charge >= 0.3 is 5.97 Å². The van der Waals surface area contributed by atoms with Crippen molar-refractivity contribution in [3.05, 3.63) is 70.1 Å². The molecule has 134 valence electrons. The van der Waals surface area contributed by atoms with Gasteiger partial charge in [0.05, 0.1) is 0 Å². The number of carboxylic acid groups (broad SMARTS) is 1. The third-order valence-corrected chi connectivity index (χ3v) is 5.12. The maximum absolute atomic E-state index is 13.3. The van der Waals surface area contributed by atoms with E-state index in [2.05, 4.69) is 5.32 Å². The number of fused-ring (bicyclic) bond motifs is 1. The molecule has 0 amide bonds. The number of halogens is 2. The van der Waals surface area contributed by atoms with E-state index in [1.807, 2.05) is 24.3 Å². The van der Waals surface area contributed by atoms with Crippen molar-refractivity contribution in [2.24, 2.45) is 0 Å². The standard InChI is InChI=1S/C20H18ClFN2O2/c21-17-9-13(22)6-5-12(17)11-24-18-4-2-1-3-15(18)16(19(24)20(25)26)10-23-14-7-8-14/h1-6,9,14,23H,7-8,10-11H2,(H,25,26). The highest BCUT2D eigenvalue weighted by Crippen LogP contribution is 2.30. The third-order valence-electron chi connectivity index (χ3n) is 4.77. The molecule has 1 fully saturated rings. The van der Waals surface area contributed by atoms with Crippen molar-refractivity contribution in [3.63, 3.8) is 0 Å². The lowest BCUT2D eigenvalue weighted by atomic mass is 10.1. The number of carbonyl (C=O) groups is 1. The van der Waals surface area contributed by atoms with E-state index in [0.717, 1.165) is 29.3 Å². The van der Waals surface area contributed by atoms with Crippen LogP contribution in [0.25, 0.3) is 10.9 Å². The highest BCUT2D eigenvalue weighted by Gasteiger charge is 2.25. The smallest absolute Gasteiger partial charge is 0.352 e. The Hall–Kier alpha value is -2.37. The highest BCUT2D eigenvalue weighted by molar-refractivity contribution is 6.31. The molecule has 3 aromatic rings. The first-order valence-corrected chi connectivity index (χ1v) is 8.93. The minimum Gasteiger partial charge on any atom is -0.477 e. The first kappa shape index (κ1) is 17.1. The summed E-state index contributed by atoms with van der Waals surface area (Å²) in [4.78, 5) is 12.1. The fourth-order valence-corrected chi connectivity index (χ4v) is 3.54. The molecule has 2 N–H and O–H groups in total. The fraction of sp³-hybridized carbons (Fsp3) is 0.250. The Labute approximate surface area is 155 Å². The number of aromatic carboxylic acids is 1. The molecule has 0 bridgehead atoms. The van der Waals surface area contributed by atoms with Gasteiger partial charge in [-0.25, -0.2) is 9.18 Å². The van der Waals surface area contributed by atoms with E-state index < -0.39 is 11.8 Å². The predicted octanol–water partition coefficient (Wildman–Crippen LogP) is 4.43. The SMILES string of the molecule is O=C(O)c1c(CNC2CC2)c2ccccc2n1Cc1ccc(F)cc1Cl. The number of aromatic nitrogens is 1. The molecule has 0 saturated heterocycles. The van der Waals surface area contributed by atoms with Crippen LogP contribution in [0.1, 0.15) is 34.5 Å². The van der Waals surface area contributed by atoms with Gasteiger partial charge in [0.2, 0.25) is 0 Å². The summed E-state index contributed by atoms with van der Waals surface area (Å²) in [5, 5.41) is 14.5. The van der Waals surface area contributed by atoms with Gasteiger partial charge in [-0.3, -0.25) is 0 Å². The Morgan fingerprint density at radius 1 is 1.27 bits per heavy atom. The molecule has 0 spiro atoms. The lowest BCUT2D eigenvalue weighted by Crippen LogP contribution is -2.19. The normalized spacial score (nSPS) is 14.1. The molecule has 6 heteroatoms. The van der Waals surface area contributed by atoms with Crippen LogP contribution in [-0.2, 0) is 13.1 Å². The zero-order valence-electron chi connectivity index (χ0n) is 14.0. The minimum atomic E-state index is -0.980. The molecule has 1 heterocycles. The molecule has 2 aromatic carbocycles. The van der Waals surface area contributed by atoms with Gasteiger partial charge in [0, 0.05) is 40.6 Å². The Bertz CT molecular complexity index is 995. The van der Waals surface area contributed by atoms with E-state index >= 15 is 0 Å². The Kier molecular flexibility index (Phi) is 4.42. The molecule has 1 aliphatic carbocycles. The summed E-state index contributed by atoms with van der Waals surface area (Å²) >= 11 is 6.17. The van der Waals surface area contributed by atoms with Crippen LogP contribution >= 0.6 is 11.6 Å². The molecule has 4 rings (SSSR count). The summed E-state index contributed by atoms with van der Waals surface area (Å²) < 4.78 is 15.1. The Morgan fingerprint density at radius 3 is 2.73 bits per heavy atom. The van der Waals surface area contributed by atoms with E-state index in [-0.39, 0.29) is 17.3 Å². The molecule has 1 aliphatic rings. The number of carboxylic acids is 1. The van der Waals surface area contributed by atoms with Gasteiger partial charge in [-0.05, 0) is 36.6 Å². The molecule has 0 unspecified atom stereocenters. The van der Waals surface area contributed by atoms with Crippen LogP contribution in [0.5, 0.6) is 0 Å². The maximum Gasteiger partial charge on any atom is 0.352 e. The number of hydrogen-bond acceptors (Lipinski definition) is 2. The van der Waals surface area contributed by atoms with Gasteiger partial charge in [0.25, 0.3) is 0 Å². The Balaban J connectivity index is 1.83. The summed E-state index contributed by atoms with van der Waals surface area (Å²) in [6, 6.07) is 12.3. The molecule has 26 heavy (non-hydrogen) atoms. The van der Waals surface area contributed by atoms with Crippen LogP contribution in [0.3, 0.4) is 0 Å². The summed E-state index contributed by atoms with van der Waals surface area (Å²) in [7, 11) is 0. The van der Waals surface area contributed by atoms with Gasteiger partial charge in [-0.2, -0.15) is 0 Å². The van der Waals surface area contributed by atoms with Crippen molar-refractivity contribution in [1.29, 1.82) is 0 Å². The summed E-state index contributed by atoms with van der Waals surface area (Å²) in [6.45, 7) is 0.779. The monoisotopic (exact) mass is 372 g/mol. The molecular weight excluding hydrogens is 355 g/mol. The quantitative estimate of drug-likeness (QED) is 0.673. The van der Waals surface area contributed by atoms with Crippen molar-refractivity contribution < 1.29 is 14.3 Å². The van der Waals surface area contributed by atoms with Crippen LogP contribution in [-0.4, -0.2) is 21.7 Å². The number of para-hydroxylation sites is 1. The van der Waals surface area contributed by atoms with Crippen molar-refractivity contribution in [2.45, 2.75) is 32.0 Å². The zero-order chi connectivity index (χ0) is 18.3. The van der Waals surface area contributed by atoms with Crippen LogP contribution in [0.4, 0.5) is 4.39 Å². The second-order valence-electron chi connectivity index (χ2n) is 6.63. The molecule has 0 radical (unpaired) electrons. The predicted molar refractivity (Wildman–Crippen MR) is 99.3 cm³/mol. The van der Waals surface area contributed by atoms with Crippen molar-refractivity contribution in [2.75, 3.05) is 0 Å². The lowest BCUT2D eigenvalue weighted by molar-refractivity contribution is 0.0684. The number of benzene rings is 2. The fourth-order valence-electron chi connectivity index (χ4n) is 3.32. The van der Waals surface area contributed by atoms with E-state index in [1.165, 1.54) is 12.1 Å². The van der Waals surface area contributed by atoms with Gasteiger partial charge < -0.3 is 15.0 Å². The third kappa shape index (κ3) is 3.20. The van der Waals surface area contributed by atoms with Crippen LogP contribution in [0, 0.1) is 5.82 Å². The number of nitrogens with one attached hydrogen (secondary N) is 1. The van der Waals surface area contributed by atoms with E-state index in [1.54, 1.807) is 10.6 Å². The van der Waals surface area contributed by atoms with Gasteiger partial charge in [0.15, 0.2) is 0 Å². The largest absolute Gasteiger partial charge is 0.477 e. The van der Waals surface area contributed by atoms with Gasteiger partial charge in [-0.15, -0.1) is 0 Å². The average Bonchev–Trinajstić information content (AvgIpc) is 3.38. The second kappa shape index (κ2) is 6.74. The summed E-state index contributed by atoms with van der Waals surface area (Å²) in [5.74, 6) is -1.39. The zero-order valence-corrected chi connectivity index (χ0v) is 14.8. The topological polar surface area (TPSA) is 54.3 Å². The van der Waals surface area contributed by atoms with Crippen molar-refractivity contribution in [3.8, 4) is 0 Å². The molecule has 1 saturated carbocycles. The first-order chi connectivity index (χ1) is 12.5. The molecule has 4 nitrogen and oxygen atoms in total. The number of hydrogen-bond donors (Lipinski definition) is 2. The molecular formula is C20H18ClFN2O2. The lowest BCUT2D eigenvalue weighted by Gasteiger charge is -2.11. The van der Waals surface area contributed by atoms with E-state index in [0.29, 0.717) is 18.2 Å². The Morgan fingerprint density at radius 2 is 2.04 bits per heavy atom. The minimum absolute atomic E-state index is 0.250. The summed E-state index contributed by atoms with van der Waals surface area (Å²) in [5.41, 5.74) is 2.54. The van der Waals surface area contributed by atoms with E-state index in [9.17, 15) is 14.3 Å². The maximum atomic E-state index is 13.3. The van der Waals surface area contributed by atoms with Gasteiger partial charge in [0.1, 0.15) is 11.5 Å². The van der Waals surface area contributed by atoms with Crippen LogP contribution in [0.15, 0.2) is 42.5 Å². The van der Waals surface area contributed by atoms with Crippen LogP contribution in [0.2, 0.25) is 5.02 Å². The average molecular weight is 373 g/mol.